The van der Waals surface area contributed by atoms with Crippen LogP contribution in [0.1, 0.15) is 22.3 Å². The molecule has 0 spiro atoms. The van der Waals surface area contributed by atoms with E-state index < -0.39 is 0 Å². The molecule has 3 nitrogen and oxygen atoms in total. The Balaban J connectivity index is 1.82. The Bertz CT molecular complexity index is 984. The molecule has 3 aromatic rings. The van der Waals surface area contributed by atoms with Crippen molar-refractivity contribution in [1.82, 2.24) is 0 Å². The second-order valence-electron chi connectivity index (χ2n) is 6.88. The highest BCUT2D eigenvalue weighted by Gasteiger charge is 2.14. The summed E-state index contributed by atoms with van der Waals surface area (Å²) in [7, 11) is 1.66. The van der Waals surface area contributed by atoms with E-state index in [2.05, 4.69) is 43.1 Å². The zero-order valence-electron chi connectivity index (χ0n) is 16.9. The number of anilines is 1. The maximum atomic E-state index is 6.27. The molecule has 0 aromatic heterocycles. The molecule has 0 aliphatic carbocycles. The van der Waals surface area contributed by atoms with Crippen LogP contribution in [0.3, 0.4) is 0 Å². The molecule has 0 aliphatic rings. The largest absolute Gasteiger partial charge is 0.493 e. The van der Waals surface area contributed by atoms with Gasteiger partial charge in [0.15, 0.2) is 11.5 Å². The normalized spacial score (nSPS) is 10.4. The number of ether oxygens (including phenoxy) is 2. The van der Waals surface area contributed by atoms with Crippen molar-refractivity contribution in [3.63, 3.8) is 0 Å². The van der Waals surface area contributed by atoms with Gasteiger partial charge in [0.1, 0.15) is 6.61 Å². The molecule has 0 atom stereocenters. The number of aryl methyl sites for hydroxylation is 1. The number of benzene rings is 3. The van der Waals surface area contributed by atoms with Gasteiger partial charge in [-0.25, -0.2) is 0 Å². The SMILES string of the molecule is C=CCc1cc(CNc2cccc(C)c2)cc(OC)c1OCc1ccccc1Cl. The van der Waals surface area contributed by atoms with E-state index in [-0.39, 0.29) is 0 Å². The van der Waals surface area contributed by atoms with E-state index in [4.69, 9.17) is 21.1 Å². The molecule has 150 valence electrons. The summed E-state index contributed by atoms with van der Waals surface area (Å²) in [6.45, 7) is 7.03. The average Bonchev–Trinajstić information content (AvgIpc) is 2.72. The summed E-state index contributed by atoms with van der Waals surface area (Å²) in [5, 5.41) is 4.16. The van der Waals surface area contributed by atoms with Crippen LogP contribution in [-0.4, -0.2) is 7.11 Å². The fourth-order valence-corrected chi connectivity index (χ4v) is 3.36. The van der Waals surface area contributed by atoms with Crippen molar-refractivity contribution in [3.8, 4) is 11.5 Å². The monoisotopic (exact) mass is 407 g/mol. The predicted octanol–water partition coefficient (Wildman–Crippen LogP) is 6.58. The fourth-order valence-electron chi connectivity index (χ4n) is 3.17. The summed E-state index contributed by atoms with van der Waals surface area (Å²) < 4.78 is 11.8. The van der Waals surface area contributed by atoms with Crippen LogP contribution in [0.5, 0.6) is 11.5 Å². The Labute approximate surface area is 177 Å². The van der Waals surface area contributed by atoms with Gasteiger partial charge in [-0.15, -0.1) is 6.58 Å². The van der Waals surface area contributed by atoms with Gasteiger partial charge in [0, 0.05) is 28.4 Å². The molecule has 0 bridgehead atoms. The first-order chi connectivity index (χ1) is 14.1. The smallest absolute Gasteiger partial charge is 0.165 e. The van der Waals surface area contributed by atoms with Crippen molar-refractivity contribution >= 4 is 17.3 Å². The number of nitrogens with one attached hydrogen (secondary N) is 1. The number of methoxy groups -OCH3 is 1. The van der Waals surface area contributed by atoms with Crippen molar-refractivity contribution in [2.45, 2.75) is 26.5 Å². The molecule has 3 aromatic carbocycles. The Morgan fingerprint density at radius 3 is 2.59 bits per heavy atom. The lowest BCUT2D eigenvalue weighted by Gasteiger charge is -2.17. The standard InChI is InChI=1S/C25H26ClNO2/c1-4-8-20-14-19(16-27-22-11-7-9-18(2)13-22)15-24(28-3)25(20)29-17-21-10-5-6-12-23(21)26/h4-7,9-15,27H,1,8,16-17H2,2-3H3. The van der Waals surface area contributed by atoms with Gasteiger partial charge in [-0.1, -0.05) is 48.0 Å². The zero-order chi connectivity index (χ0) is 20.6. The van der Waals surface area contributed by atoms with E-state index in [1.165, 1.54) is 5.56 Å². The second kappa shape index (κ2) is 10.0. The molecule has 3 rings (SSSR count). The van der Waals surface area contributed by atoms with Gasteiger partial charge in [-0.3, -0.25) is 0 Å². The quantitative estimate of drug-likeness (QED) is 0.406. The Morgan fingerprint density at radius 1 is 1.03 bits per heavy atom. The molecule has 0 radical (unpaired) electrons. The van der Waals surface area contributed by atoms with E-state index in [1.807, 2.05) is 42.5 Å². The molecule has 4 heteroatoms. The maximum Gasteiger partial charge on any atom is 0.165 e. The number of hydrogen-bond donors (Lipinski definition) is 1. The minimum absolute atomic E-state index is 0.376. The Hall–Kier alpha value is -2.91. The third-order valence-corrected chi connectivity index (χ3v) is 4.99. The van der Waals surface area contributed by atoms with Crippen molar-refractivity contribution < 1.29 is 9.47 Å². The van der Waals surface area contributed by atoms with Crippen LogP contribution in [0.15, 0.2) is 73.3 Å². The molecular weight excluding hydrogens is 382 g/mol. The molecule has 0 amide bonds. The Morgan fingerprint density at radius 2 is 1.86 bits per heavy atom. The summed E-state index contributed by atoms with van der Waals surface area (Å²) >= 11 is 6.27. The molecule has 0 heterocycles. The van der Waals surface area contributed by atoms with Gasteiger partial charge in [0.05, 0.1) is 7.11 Å². The molecule has 0 saturated heterocycles. The van der Waals surface area contributed by atoms with Gasteiger partial charge in [-0.05, 0) is 54.8 Å². The third-order valence-electron chi connectivity index (χ3n) is 4.62. The fraction of sp³-hybridized carbons (Fsp3) is 0.200. The average molecular weight is 408 g/mol. The van der Waals surface area contributed by atoms with Crippen molar-refractivity contribution in [1.29, 1.82) is 0 Å². The van der Waals surface area contributed by atoms with E-state index in [9.17, 15) is 0 Å². The predicted molar refractivity (Wildman–Crippen MR) is 121 cm³/mol. The maximum absolute atomic E-state index is 6.27. The van der Waals surface area contributed by atoms with E-state index in [1.54, 1.807) is 7.11 Å². The molecular formula is C25H26ClNO2. The minimum Gasteiger partial charge on any atom is -0.493 e. The van der Waals surface area contributed by atoms with Crippen LogP contribution in [0, 0.1) is 6.92 Å². The van der Waals surface area contributed by atoms with Crippen LogP contribution in [0.25, 0.3) is 0 Å². The number of halogens is 1. The zero-order valence-corrected chi connectivity index (χ0v) is 17.6. The summed E-state index contributed by atoms with van der Waals surface area (Å²) in [6.07, 6.45) is 2.56. The number of allylic oxidation sites excluding steroid dienone is 1. The second-order valence-corrected chi connectivity index (χ2v) is 7.29. The van der Waals surface area contributed by atoms with Gasteiger partial charge in [0.25, 0.3) is 0 Å². The number of rotatable bonds is 9. The summed E-state index contributed by atoms with van der Waals surface area (Å²) in [4.78, 5) is 0. The van der Waals surface area contributed by atoms with Crippen molar-refractivity contribution in [2.75, 3.05) is 12.4 Å². The molecule has 0 aliphatic heterocycles. The molecule has 29 heavy (non-hydrogen) atoms. The highest BCUT2D eigenvalue weighted by Crippen LogP contribution is 2.35. The third kappa shape index (κ3) is 5.55. The highest BCUT2D eigenvalue weighted by atomic mass is 35.5. The van der Waals surface area contributed by atoms with Gasteiger partial charge >= 0.3 is 0 Å². The van der Waals surface area contributed by atoms with Crippen LogP contribution >= 0.6 is 11.6 Å². The first-order valence-electron chi connectivity index (χ1n) is 9.58. The van der Waals surface area contributed by atoms with Gasteiger partial charge in [-0.2, -0.15) is 0 Å². The van der Waals surface area contributed by atoms with Crippen LogP contribution in [-0.2, 0) is 19.6 Å². The lowest BCUT2D eigenvalue weighted by Crippen LogP contribution is -2.05. The Kier molecular flexibility index (Phi) is 7.20. The van der Waals surface area contributed by atoms with Gasteiger partial charge in [0.2, 0.25) is 0 Å². The minimum atomic E-state index is 0.376. The van der Waals surface area contributed by atoms with Crippen LogP contribution < -0.4 is 14.8 Å². The summed E-state index contributed by atoms with van der Waals surface area (Å²) in [6, 6.07) is 20.2. The van der Waals surface area contributed by atoms with Crippen LogP contribution in [0.4, 0.5) is 5.69 Å². The highest BCUT2D eigenvalue weighted by molar-refractivity contribution is 6.31. The molecule has 0 fully saturated rings. The van der Waals surface area contributed by atoms with Crippen molar-refractivity contribution in [2.24, 2.45) is 0 Å². The van der Waals surface area contributed by atoms with E-state index >= 15 is 0 Å². The van der Waals surface area contributed by atoms with E-state index in [0.717, 1.165) is 28.1 Å². The lowest BCUT2D eigenvalue weighted by atomic mass is 10.0. The first-order valence-corrected chi connectivity index (χ1v) is 9.96. The topological polar surface area (TPSA) is 30.5 Å². The molecule has 0 unspecified atom stereocenters. The van der Waals surface area contributed by atoms with Crippen LogP contribution in [0.2, 0.25) is 5.02 Å². The summed E-state index contributed by atoms with van der Waals surface area (Å²) in [5.41, 5.74) is 5.40. The van der Waals surface area contributed by atoms with Gasteiger partial charge < -0.3 is 14.8 Å². The lowest BCUT2D eigenvalue weighted by molar-refractivity contribution is 0.282. The number of hydrogen-bond acceptors (Lipinski definition) is 3. The molecule has 0 saturated carbocycles. The van der Waals surface area contributed by atoms with Crippen molar-refractivity contribution in [3.05, 3.63) is 101 Å². The van der Waals surface area contributed by atoms with E-state index in [0.29, 0.717) is 30.3 Å². The molecule has 1 N–H and O–H groups in total. The first kappa shape index (κ1) is 20.8. The summed E-state index contributed by atoms with van der Waals surface area (Å²) in [5.74, 6) is 1.43.